The van der Waals surface area contributed by atoms with Crippen LogP contribution in [-0.2, 0) is 22.7 Å². The molecule has 4 N–H and O–H groups in total. The van der Waals surface area contributed by atoms with Crippen molar-refractivity contribution in [2.45, 2.75) is 45.2 Å². The van der Waals surface area contributed by atoms with Crippen molar-refractivity contribution in [1.29, 1.82) is 0 Å². The molecule has 1 aromatic rings. The van der Waals surface area contributed by atoms with Crippen LogP contribution < -0.4 is 16.4 Å². The predicted molar refractivity (Wildman–Crippen MR) is 106 cm³/mol. The van der Waals surface area contributed by atoms with E-state index in [2.05, 4.69) is 27.7 Å². The lowest BCUT2D eigenvalue weighted by Gasteiger charge is -2.31. The predicted octanol–water partition coefficient (Wildman–Crippen LogP) is 1.39. The van der Waals surface area contributed by atoms with Crippen molar-refractivity contribution >= 4 is 11.8 Å². The van der Waals surface area contributed by atoms with Gasteiger partial charge >= 0.3 is 0 Å². The van der Waals surface area contributed by atoms with E-state index in [0.717, 1.165) is 57.5 Å². The van der Waals surface area contributed by atoms with Gasteiger partial charge in [0.25, 0.3) is 0 Å². The Morgan fingerprint density at radius 1 is 1.26 bits per heavy atom. The Morgan fingerprint density at radius 3 is 2.89 bits per heavy atom. The first-order valence-electron chi connectivity index (χ1n) is 10.2. The minimum Gasteiger partial charge on any atom is -0.369 e. The number of nitrogens with two attached hydrogens (primary N) is 1. The van der Waals surface area contributed by atoms with Gasteiger partial charge in [0.15, 0.2) is 0 Å². The van der Waals surface area contributed by atoms with Crippen LogP contribution in [0.5, 0.6) is 0 Å². The second kappa shape index (κ2) is 9.85. The molecule has 0 aliphatic carbocycles. The fourth-order valence-corrected chi connectivity index (χ4v) is 4.11. The zero-order valence-electron chi connectivity index (χ0n) is 16.1. The third-order valence-corrected chi connectivity index (χ3v) is 5.74. The van der Waals surface area contributed by atoms with E-state index >= 15 is 0 Å². The molecule has 3 rings (SSSR count). The number of benzene rings is 1. The van der Waals surface area contributed by atoms with Gasteiger partial charge in [-0.3, -0.25) is 14.5 Å². The molecule has 148 valence electrons. The van der Waals surface area contributed by atoms with Crippen LogP contribution in [0.25, 0.3) is 0 Å². The van der Waals surface area contributed by atoms with Gasteiger partial charge in [0.2, 0.25) is 11.8 Å². The summed E-state index contributed by atoms with van der Waals surface area (Å²) >= 11 is 0. The number of amides is 2. The second-order valence-corrected chi connectivity index (χ2v) is 7.97. The summed E-state index contributed by atoms with van der Waals surface area (Å²) in [6, 6.07) is 8.34. The first kappa shape index (κ1) is 19.8. The van der Waals surface area contributed by atoms with E-state index in [4.69, 9.17) is 5.73 Å². The van der Waals surface area contributed by atoms with Crippen molar-refractivity contribution in [2.24, 2.45) is 17.6 Å². The number of carbonyl (C=O) groups is 2. The van der Waals surface area contributed by atoms with E-state index in [0.29, 0.717) is 18.9 Å². The van der Waals surface area contributed by atoms with Gasteiger partial charge in [0, 0.05) is 26.1 Å². The highest BCUT2D eigenvalue weighted by atomic mass is 16.2. The largest absolute Gasteiger partial charge is 0.369 e. The van der Waals surface area contributed by atoms with Crippen LogP contribution in [0.1, 0.15) is 43.2 Å². The third kappa shape index (κ3) is 6.33. The van der Waals surface area contributed by atoms with Gasteiger partial charge in [-0.1, -0.05) is 24.3 Å². The summed E-state index contributed by atoms with van der Waals surface area (Å²) < 4.78 is 0. The molecule has 2 fully saturated rings. The SMILES string of the molecule is NC(=O)C1CCCN(Cc2cccc(CNC(=O)CCC3CCNC3)c2)C1. The summed E-state index contributed by atoms with van der Waals surface area (Å²) in [4.78, 5) is 25.8. The molecule has 2 aliphatic heterocycles. The minimum atomic E-state index is -0.190. The maximum absolute atomic E-state index is 12.1. The molecular formula is C21H32N4O2. The molecule has 6 heteroatoms. The van der Waals surface area contributed by atoms with Crippen LogP contribution in [0.2, 0.25) is 0 Å². The average Bonchev–Trinajstić information content (AvgIpc) is 3.19. The fourth-order valence-electron chi connectivity index (χ4n) is 4.11. The Kier molecular flexibility index (Phi) is 7.24. The Balaban J connectivity index is 1.44. The van der Waals surface area contributed by atoms with E-state index in [9.17, 15) is 9.59 Å². The fraction of sp³-hybridized carbons (Fsp3) is 0.619. The molecule has 6 nitrogen and oxygen atoms in total. The molecule has 0 spiro atoms. The lowest BCUT2D eigenvalue weighted by Crippen LogP contribution is -2.40. The van der Waals surface area contributed by atoms with E-state index < -0.39 is 0 Å². The molecule has 2 unspecified atom stereocenters. The number of primary amides is 1. The van der Waals surface area contributed by atoms with Gasteiger partial charge in [-0.25, -0.2) is 0 Å². The van der Waals surface area contributed by atoms with E-state index in [-0.39, 0.29) is 17.7 Å². The smallest absolute Gasteiger partial charge is 0.221 e. The van der Waals surface area contributed by atoms with Crippen molar-refractivity contribution in [3.8, 4) is 0 Å². The Morgan fingerprint density at radius 2 is 2.11 bits per heavy atom. The summed E-state index contributed by atoms with van der Waals surface area (Å²) in [5.41, 5.74) is 7.80. The summed E-state index contributed by atoms with van der Waals surface area (Å²) in [6.07, 6.45) is 4.67. The maximum atomic E-state index is 12.1. The van der Waals surface area contributed by atoms with Crippen LogP contribution in [0, 0.1) is 11.8 Å². The van der Waals surface area contributed by atoms with Gasteiger partial charge in [-0.05, 0) is 62.4 Å². The highest BCUT2D eigenvalue weighted by Gasteiger charge is 2.23. The molecule has 0 aromatic heterocycles. The molecule has 27 heavy (non-hydrogen) atoms. The number of rotatable bonds is 8. The number of nitrogens with zero attached hydrogens (tertiary/aromatic N) is 1. The summed E-state index contributed by atoms with van der Waals surface area (Å²) in [5.74, 6) is 0.557. The van der Waals surface area contributed by atoms with E-state index in [1.165, 1.54) is 12.0 Å². The van der Waals surface area contributed by atoms with Crippen LogP contribution in [0.3, 0.4) is 0 Å². The molecule has 1 aromatic carbocycles. The topological polar surface area (TPSA) is 87.5 Å². The monoisotopic (exact) mass is 372 g/mol. The highest BCUT2D eigenvalue weighted by Crippen LogP contribution is 2.19. The molecule has 2 aliphatic rings. The van der Waals surface area contributed by atoms with Crippen molar-refractivity contribution < 1.29 is 9.59 Å². The van der Waals surface area contributed by atoms with Crippen LogP contribution in [0.15, 0.2) is 24.3 Å². The lowest BCUT2D eigenvalue weighted by atomic mass is 9.97. The Labute approximate surface area is 161 Å². The van der Waals surface area contributed by atoms with Crippen LogP contribution in [0.4, 0.5) is 0 Å². The Bertz CT molecular complexity index is 643. The van der Waals surface area contributed by atoms with Gasteiger partial charge in [-0.15, -0.1) is 0 Å². The quantitative estimate of drug-likeness (QED) is 0.644. The highest BCUT2D eigenvalue weighted by molar-refractivity contribution is 5.77. The third-order valence-electron chi connectivity index (χ3n) is 5.74. The number of nitrogens with one attached hydrogen (secondary N) is 2. The Hall–Kier alpha value is -1.92. The number of carbonyl (C=O) groups excluding carboxylic acids is 2. The maximum Gasteiger partial charge on any atom is 0.221 e. The number of likely N-dealkylation sites (tertiary alicyclic amines) is 1. The van der Waals surface area contributed by atoms with Gasteiger partial charge in [-0.2, -0.15) is 0 Å². The molecule has 2 amide bonds. The molecular weight excluding hydrogens is 340 g/mol. The molecule has 0 saturated carbocycles. The van der Waals surface area contributed by atoms with Gasteiger partial charge in [0.1, 0.15) is 0 Å². The molecule has 2 atom stereocenters. The van der Waals surface area contributed by atoms with Crippen molar-refractivity contribution in [3.63, 3.8) is 0 Å². The average molecular weight is 373 g/mol. The second-order valence-electron chi connectivity index (χ2n) is 7.97. The van der Waals surface area contributed by atoms with Gasteiger partial charge < -0.3 is 16.4 Å². The summed E-state index contributed by atoms with van der Waals surface area (Å²) in [6.45, 7) is 5.26. The first-order chi connectivity index (χ1) is 13.1. The first-order valence-corrected chi connectivity index (χ1v) is 10.2. The van der Waals surface area contributed by atoms with Crippen molar-refractivity contribution in [2.75, 3.05) is 26.2 Å². The number of hydrogen-bond acceptors (Lipinski definition) is 4. The summed E-state index contributed by atoms with van der Waals surface area (Å²) in [7, 11) is 0. The molecule has 2 heterocycles. The van der Waals surface area contributed by atoms with Crippen LogP contribution in [-0.4, -0.2) is 42.9 Å². The van der Waals surface area contributed by atoms with Crippen molar-refractivity contribution in [3.05, 3.63) is 35.4 Å². The van der Waals surface area contributed by atoms with E-state index in [1.54, 1.807) is 0 Å². The zero-order valence-corrected chi connectivity index (χ0v) is 16.1. The molecule has 0 radical (unpaired) electrons. The molecule has 2 saturated heterocycles. The standard InChI is InChI=1S/C21H32N4O2/c22-21(27)19-5-2-10-25(15-19)14-18-4-1-3-17(11-18)13-24-20(26)7-6-16-8-9-23-12-16/h1,3-4,11,16,19,23H,2,5-10,12-15H2,(H2,22,27)(H,24,26). The van der Waals surface area contributed by atoms with Crippen molar-refractivity contribution in [1.82, 2.24) is 15.5 Å². The number of hydrogen-bond donors (Lipinski definition) is 3. The summed E-state index contributed by atoms with van der Waals surface area (Å²) in [5, 5.41) is 6.38. The minimum absolute atomic E-state index is 0.0312. The normalized spacial score (nSPS) is 23.3. The molecule has 0 bridgehead atoms. The van der Waals surface area contributed by atoms with E-state index in [1.807, 2.05) is 12.1 Å². The van der Waals surface area contributed by atoms with Crippen LogP contribution >= 0.6 is 0 Å². The van der Waals surface area contributed by atoms with Gasteiger partial charge in [0.05, 0.1) is 5.92 Å². The lowest BCUT2D eigenvalue weighted by molar-refractivity contribution is -0.123. The number of piperidine rings is 1. The zero-order chi connectivity index (χ0) is 19.1.